The average Bonchev–Trinajstić information content (AvgIpc) is 2.65. The molecule has 0 heterocycles. The second-order valence-electron chi connectivity index (χ2n) is 6.52. The predicted molar refractivity (Wildman–Crippen MR) is 81.0 cm³/mol. The Morgan fingerprint density at radius 1 is 1.25 bits per heavy atom. The molecule has 0 N–H and O–H groups in total. The second kappa shape index (κ2) is 4.39. The van der Waals surface area contributed by atoms with Crippen molar-refractivity contribution in [3.8, 4) is 0 Å². The Balaban J connectivity index is 2.03. The summed E-state index contributed by atoms with van der Waals surface area (Å²) < 4.78 is 12.3. The molecule has 1 aromatic carbocycles. The van der Waals surface area contributed by atoms with Gasteiger partial charge in [-0.2, -0.15) is 0 Å². The maximum atomic E-state index is 13.0. The molecule has 2 aliphatic rings. The number of benzene rings is 1. The normalized spacial score (nSPS) is 34.3. The summed E-state index contributed by atoms with van der Waals surface area (Å²) in [7, 11) is -1.28. The summed E-state index contributed by atoms with van der Waals surface area (Å²) in [4.78, 5) is 13.3. The molecule has 3 atom stereocenters. The minimum absolute atomic E-state index is 0.00569. The van der Waals surface area contributed by atoms with Gasteiger partial charge in [-0.3, -0.25) is 9.00 Å². The van der Waals surface area contributed by atoms with Crippen LogP contribution in [0.5, 0.6) is 0 Å². The predicted octanol–water partition coefficient (Wildman–Crippen LogP) is 3.56. The number of allylic oxidation sites excluding steroid dienone is 1. The van der Waals surface area contributed by atoms with Crippen molar-refractivity contribution in [2.75, 3.05) is 0 Å². The Bertz CT molecular complexity index is 616. The third-order valence-corrected chi connectivity index (χ3v) is 6.96. The first-order chi connectivity index (χ1) is 9.37. The number of ketones is 1. The summed E-state index contributed by atoms with van der Waals surface area (Å²) in [5.41, 5.74) is 2.23. The first-order valence-corrected chi connectivity index (χ1v) is 8.23. The van der Waals surface area contributed by atoms with E-state index in [1.54, 1.807) is 0 Å². The van der Waals surface area contributed by atoms with E-state index in [-0.39, 0.29) is 11.2 Å². The molecule has 2 fully saturated rings. The lowest BCUT2D eigenvalue weighted by Crippen LogP contribution is -2.44. The van der Waals surface area contributed by atoms with Crippen molar-refractivity contribution in [2.24, 2.45) is 5.41 Å². The molecule has 0 aromatic heterocycles. The van der Waals surface area contributed by atoms with Crippen LogP contribution in [0.15, 0.2) is 41.3 Å². The highest BCUT2D eigenvalue weighted by Gasteiger charge is 2.59. The van der Waals surface area contributed by atoms with Crippen molar-refractivity contribution in [3.63, 3.8) is 0 Å². The minimum Gasteiger partial charge on any atom is -0.298 e. The van der Waals surface area contributed by atoms with Crippen LogP contribution in [0.2, 0.25) is 0 Å². The zero-order chi connectivity index (χ0) is 14.5. The number of carbonyl (C=O) groups is 1. The van der Waals surface area contributed by atoms with E-state index in [0.717, 1.165) is 22.5 Å². The summed E-state index contributed by atoms with van der Waals surface area (Å²) in [6.07, 6.45) is 2.67. The van der Waals surface area contributed by atoms with Gasteiger partial charge < -0.3 is 0 Å². The van der Waals surface area contributed by atoms with Crippen molar-refractivity contribution in [1.29, 1.82) is 0 Å². The van der Waals surface area contributed by atoms with Gasteiger partial charge in [-0.1, -0.05) is 36.8 Å². The van der Waals surface area contributed by atoms with Crippen LogP contribution in [-0.2, 0) is 15.6 Å². The van der Waals surface area contributed by atoms with Gasteiger partial charge in [0.15, 0.2) is 5.78 Å². The molecule has 0 spiro atoms. The Morgan fingerprint density at radius 2 is 1.90 bits per heavy atom. The minimum atomic E-state index is -1.28. The van der Waals surface area contributed by atoms with Gasteiger partial charge in [0, 0.05) is 11.3 Å². The molecule has 0 amide bonds. The van der Waals surface area contributed by atoms with Gasteiger partial charge in [0.2, 0.25) is 0 Å². The highest BCUT2D eigenvalue weighted by molar-refractivity contribution is 7.87. The molecule has 20 heavy (non-hydrogen) atoms. The lowest BCUT2D eigenvalue weighted by Gasteiger charge is -2.35. The maximum absolute atomic E-state index is 13.0. The molecule has 2 nitrogen and oxygen atoms in total. The summed E-state index contributed by atoms with van der Waals surface area (Å²) in [5, 5.41) is 0. The van der Waals surface area contributed by atoms with Crippen LogP contribution < -0.4 is 0 Å². The lowest BCUT2D eigenvalue weighted by atomic mass is 9.75. The summed E-state index contributed by atoms with van der Waals surface area (Å²) in [6.45, 7) is 8.32. The van der Waals surface area contributed by atoms with Gasteiger partial charge >= 0.3 is 0 Å². The Morgan fingerprint density at radius 3 is 2.55 bits per heavy atom. The van der Waals surface area contributed by atoms with Crippen LogP contribution >= 0.6 is 0 Å². The molecule has 2 aliphatic carbocycles. The highest BCUT2D eigenvalue weighted by Crippen LogP contribution is 2.57. The third kappa shape index (κ3) is 1.83. The van der Waals surface area contributed by atoms with Crippen molar-refractivity contribution in [3.05, 3.63) is 42.0 Å². The van der Waals surface area contributed by atoms with Gasteiger partial charge in [0.25, 0.3) is 0 Å². The number of hydrogen-bond acceptors (Lipinski definition) is 2. The van der Waals surface area contributed by atoms with Crippen LogP contribution in [0.1, 0.15) is 38.2 Å². The molecular weight excluding hydrogens is 268 g/mol. The van der Waals surface area contributed by atoms with Crippen molar-refractivity contribution in [1.82, 2.24) is 0 Å². The van der Waals surface area contributed by atoms with Gasteiger partial charge in [0.1, 0.15) is 4.75 Å². The van der Waals surface area contributed by atoms with Crippen LogP contribution in [0, 0.1) is 12.3 Å². The fourth-order valence-corrected chi connectivity index (χ4v) is 5.48. The lowest BCUT2D eigenvalue weighted by molar-refractivity contribution is -0.123. The first kappa shape index (κ1) is 13.7. The number of Topliss-reactive ketones (excluding diaryl/α,β-unsaturated/α-hetero) is 1. The van der Waals surface area contributed by atoms with E-state index in [1.165, 1.54) is 0 Å². The van der Waals surface area contributed by atoms with Gasteiger partial charge in [-0.25, -0.2) is 0 Å². The van der Waals surface area contributed by atoms with Gasteiger partial charge in [-0.15, -0.1) is 0 Å². The third-order valence-electron chi connectivity index (χ3n) is 5.03. The topological polar surface area (TPSA) is 34.1 Å². The van der Waals surface area contributed by atoms with Crippen molar-refractivity contribution >= 4 is 16.6 Å². The fourth-order valence-electron chi connectivity index (χ4n) is 3.58. The van der Waals surface area contributed by atoms with E-state index < -0.39 is 15.5 Å². The molecule has 3 unspecified atom stereocenters. The van der Waals surface area contributed by atoms with E-state index in [9.17, 15) is 9.00 Å². The SMILES string of the molecule is C=C1CC2(S(=O)c3ccc(C)cc3)CC1(C)CCC2=O. The number of rotatable bonds is 2. The molecule has 0 saturated heterocycles. The molecule has 2 bridgehead atoms. The van der Waals surface area contributed by atoms with E-state index in [0.29, 0.717) is 19.3 Å². The number of hydrogen-bond donors (Lipinski definition) is 0. The quantitative estimate of drug-likeness (QED) is 0.780. The maximum Gasteiger partial charge on any atom is 0.152 e. The smallest absolute Gasteiger partial charge is 0.152 e. The van der Waals surface area contributed by atoms with Gasteiger partial charge in [-0.05, 0) is 43.7 Å². The second-order valence-corrected chi connectivity index (χ2v) is 8.31. The van der Waals surface area contributed by atoms with Gasteiger partial charge in [0.05, 0.1) is 10.8 Å². The largest absolute Gasteiger partial charge is 0.298 e. The van der Waals surface area contributed by atoms with Crippen molar-refractivity contribution in [2.45, 2.75) is 49.2 Å². The van der Waals surface area contributed by atoms with E-state index in [1.807, 2.05) is 31.2 Å². The molecule has 0 aliphatic heterocycles. The number of fused-ring (bicyclic) bond motifs is 2. The molecular formula is C17H20O2S. The molecule has 2 saturated carbocycles. The number of carbonyl (C=O) groups excluding carboxylic acids is 1. The van der Waals surface area contributed by atoms with Crippen molar-refractivity contribution < 1.29 is 9.00 Å². The van der Waals surface area contributed by atoms with E-state index in [4.69, 9.17) is 0 Å². The molecule has 3 heteroatoms. The van der Waals surface area contributed by atoms with Crippen LogP contribution in [-0.4, -0.2) is 14.7 Å². The standard InChI is InChI=1S/C17H20O2S/c1-12-4-6-14(7-5-12)20(19)17-10-13(2)16(3,11-17)9-8-15(17)18/h4-7H,2,8-11H2,1,3H3. The average molecular weight is 288 g/mol. The summed E-state index contributed by atoms with van der Waals surface area (Å²) in [6, 6.07) is 7.70. The Kier molecular flexibility index (Phi) is 3.02. The highest BCUT2D eigenvalue weighted by atomic mass is 32.2. The Labute approximate surface area is 122 Å². The number of aryl methyl sites for hydroxylation is 1. The molecule has 3 rings (SSSR count). The van der Waals surface area contributed by atoms with Crippen LogP contribution in [0.25, 0.3) is 0 Å². The fraction of sp³-hybridized carbons (Fsp3) is 0.471. The zero-order valence-corrected chi connectivity index (χ0v) is 12.9. The summed E-state index contributed by atoms with van der Waals surface area (Å²) >= 11 is 0. The monoisotopic (exact) mass is 288 g/mol. The van der Waals surface area contributed by atoms with Crippen LogP contribution in [0.3, 0.4) is 0 Å². The molecule has 1 aromatic rings. The molecule has 106 valence electrons. The Hall–Kier alpha value is -1.22. The van der Waals surface area contributed by atoms with E-state index >= 15 is 0 Å². The summed E-state index contributed by atoms with van der Waals surface area (Å²) in [5.74, 6) is 0.160. The van der Waals surface area contributed by atoms with Crippen LogP contribution in [0.4, 0.5) is 0 Å². The van der Waals surface area contributed by atoms with E-state index in [2.05, 4.69) is 13.5 Å². The first-order valence-electron chi connectivity index (χ1n) is 7.08. The molecule has 0 radical (unpaired) electrons. The zero-order valence-electron chi connectivity index (χ0n) is 12.1.